The van der Waals surface area contributed by atoms with Crippen LogP contribution in [-0.4, -0.2) is 19.3 Å². The topological polar surface area (TPSA) is 47.3 Å². The third kappa shape index (κ3) is 4.75. The molecule has 1 rings (SSSR count). The lowest BCUT2D eigenvalue weighted by Crippen LogP contribution is -2.37. The first kappa shape index (κ1) is 12.6. The average molecular weight is 228 g/mol. The summed E-state index contributed by atoms with van der Waals surface area (Å²) in [4.78, 5) is 1.38. The number of nitrogens with one attached hydrogen (secondary N) is 1. The molecule has 0 bridgehead atoms. The number of hydrogen-bond acceptors (Lipinski definition) is 4. The van der Waals surface area contributed by atoms with E-state index in [1.165, 1.54) is 4.88 Å². The van der Waals surface area contributed by atoms with Gasteiger partial charge in [-0.2, -0.15) is 0 Å². The van der Waals surface area contributed by atoms with Gasteiger partial charge in [-0.15, -0.1) is 11.3 Å². The zero-order valence-electron chi connectivity index (χ0n) is 9.40. The SMILES string of the molecule is COC(C)CCC(Cc1cccs1)NN. The van der Waals surface area contributed by atoms with Gasteiger partial charge in [0.15, 0.2) is 0 Å². The van der Waals surface area contributed by atoms with Crippen LogP contribution in [0.2, 0.25) is 0 Å². The quantitative estimate of drug-likeness (QED) is 0.554. The lowest BCUT2D eigenvalue weighted by molar-refractivity contribution is 0.106. The van der Waals surface area contributed by atoms with Gasteiger partial charge in [0.2, 0.25) is 0 Å². The number of rotatable bonds is 7. The molecule has 3 nitrogen and oxygen atoms in total. The second-order valence-corrected chi connectivity index (χ2v) is 4.80. The Bertz CT molecular complexity index is 251. The minimum absolute atomic E-state index is 0.309. The van der Waals surface area contributed by atoms with Gasteiger partial charge in [0.25, 0.3) is 0 Å². The van der Waals surface area contributed by atoms with E-state index in [0.717, 1.165) is 19.3 Å². The highest BCUT2D eigenvalue weighted by molar-refractivity contribution is 7.09. The molecule has 4 heteroatoms. The number of methoxy groups -OCH3 is 1. The lowest BCUT2D eigenvalue weighted by Gasteiger charge is -2.17. The van der Waals surface area contributed by atoms with E-state index in [2.05, 4.69) is 29.9 Å². The lowest BCUT2D eigenvalue weighted by atomic mass is 10.1. The second-order valence-electron chi connectivity index (χ2n) is 3.77. The molecule has 1 heterocycles. The molecule has 15 heavy (non-hydrogen) atoms. The smallest absolute Gasteiger partial charge is 0.0543 e. The summed E-state index contributed by atoms with van der Waals surface area (Å²) < 4.78 is 5.21. The molecule has 86 valence electrons. The van der Waals surface area contributed by atoms with Gasteiger partial charge in [-0.3, -0.25) is 11.3 Å². The maximum Gasteiger partial charge on any atom is 0.0543 e. The van der Waals surface area contributed by atoms with Crippen LogP contribution in [0.5, 0.6) is 0 Å². The molecule has 0 amide bonds. The Morgan fingerprint density at radius 1 is 1.53 bits per heavy atom. The van der Waals surface area contributed by atoms with Crippen LogP contribution in [0.3, 0.4) is 0 Å². The number of hydrogen-bond donors (Lipinski definition) is 2. The van der Waals surface area contributed by atoms with Crippen LogP contribution in [0.4, 0.5) is 0 Å². The first-order chi connectivity index (χ1) is 7.26. The third-order valence-corrected chi connectivity index (χ3v) is 3.49. The van der Waals surface area contributed by atoms with Gasteiger partial charge in [-0.05, 0) is 37.6 Å². The molecule has 3 N–H and O–H groups in total. The number of hydrazine groups is 1. The van der Waals surface area contributed by atoms with E-state index in [1.54, 1.807) is 18.4 Å². The number of thiophene rings is 1. The van der Waals surface area contributed by atoms with Crippen molar-refractivity contribution in [3.8, 4) is 0 Å². The predicted octanol–water partition coefficient (Wildman–Crippen LogP) is 1.94. The molecule has 2 unspecified atom stereocenters. The number of nitrogens with two attached hydrogens (primary N) is 1. The highest BCUT2D eigenvalue weighted by atomic mass is 32.1. The summed E-state index contributed by atoms with van der Waals surface area (Å²) in [6.07, 6.45) is 3.40. The molecular formula is C11H20N2OS. The summed E-state index contributed by atoms with van der Waals surface area (Å²) in [5.41, 5.74) is 2.87. The summed E-state index contributed by atoms with van der Waals surface area (Å²) in [6.45, 7) is 2.08. The van der Waals surface area contributed by atoms with Gasteiger partial charge >= 0.3 is 0 Å². The molecular weight excluding hydrogens is 208 g/mol. The Morgan fingerprint density at radius 3 is 2.87 bits per heavy atom. The molecule has 0 aliphatic heterocycles. The van der Waals surface area contributed by atoms with Crippen molar-refractivity contribution in [2.75, 3.05) is 7.11 Å². The molecule has 0 aliphatic carbocycles. The molecule has 0 aromatic carbocycles. The fourth-order valence-corrected chi connectivity index (χ4v) is 2.26. The predicted molar refractivity (Wildman–Crippen MR) is 64.8 cm³/mol. The summed E-state index contributed by atoms with van der Waals surface area (Å²) in [5, 5.41) is 2.10. The zero-order valence-corrected chi connectivity index (χ0v) is 10.2. The highest BCUT2D eigenvalue weighted by Crippen LogP contribution is 2.14. The first-order valence-corrected chi connectivity index (χ1v) is 6.15. The van der Waals surface area contributed by atoms with Crippen molar-refractivity contribution in [2.24, 2.45) is 5.84 Å². The molecule has 0 radical (unpaired) electrons. The molecule has 0 saturated carbocycles. The monoisotopic (exact) mass is 228 g/mol. The highest BCUT2D eigenvalue weighted by Gasteiger charge is 2.10. The van der Waals surface area contributed by atoms with Crippen LogP contribution in [-0.2, 0) is 11.2 Å². The molecule has 0 aliphatic rings. The Hall–Kier alpha value is -0.420. The third-order valence-electron chi connectivity index (χ3n) is 2.59. The van der Waals surface area contributed by atoms with Crippen LogP contribution in [0.1, 0.15) is 24.6 Å². The van der Waals surface area contributed by atoms with E-state index in [-0.39, 0.29) is 0 Å². The van der Waals surface area contributed by atoms with Gasteiger partial charge < -0.3 is 4.74 Å². The normalized spacial score (nSPS) is 15.1. The van der Waals surface area contributed by atoms with Gasteiger partial charge in [0, 0.05) is 18.0 Å². The van der Waals surface area contributed by atoms with Crippen molar-refractivity contribution in [2.45, 2.75) is 38.3 Å². The summed E-state index contributed by atoms with van der Waals surface area (Å²) in [7, 11) is 1.74. The van der Waals surface area contributed by atoms with Crippen LogP contribution in [0, 0.1) is 0 Å². The first-order valence-electron chi connectivity index (χ1n) is 5.27. The zero-order chi connectivity index (χ0) is 11.1. The van der Waals surface area contributed by atoms with Crippen molar-refractivity contribution >= 4 is 11.3 Å². The fourth-order valence-electron chi connectivity index (χ4n) is 1.47. The van der Waals surface area contributed by atoms with Crippen molar-refractivity contribution in [1.29, 1.82) is 0 Å². The molecule has 2 atom stereocenters. The summed E-state index contributed by atoms with van der Waals surface area (Å²) >= 11 is 1.78. The largest absolute Gasteiger partial charge is 0.382 e. The van der Waals surface area contributed by atoms with Crippen LogP contribution >= 0.6 is 11.3 Å². The van der Waals surface area contributed by atoms with Crippen molar-refractivity contribution in [3.05, 3.63) is 22.4 Å². The van der Waals surface area contributed by atoms with Crippen molar-refractivity contribution in [1.82, 2.24) is 5.43 Å². The molecule has 0 fully saturated rings. The maximum atomic E-state index is 5.53. The molecule has 1 aromatic heterocycles. The van der Waals surface area contributed by atoms with E-state index in [0.29, 0.717) is 12.1 Å². The maximum absolute atomic E-state index is 5.53. The van der Waals surface area contributed by atoms with Gasteiger partial charge in [-0.1, -0.05) is 6.07 Å². The minimum Gasteiger partial charge on any atom is -0.382 e. The Balaban J connectivity index is 2.30. The Kier molecular flexibility index (Phi) is 5.86. The average Bonchev–Trinajstić information content (AvgIpc) is 2.76. The standard InChI is InChI=1S/C11H20N2OS/c1-9(14-2)5-6-10(13-12)8-11-4-3-7-15-11/h3-4,7,9-10,13H,5-6,8,12H2,1-2H3. The molecule has 0 saturated heterocycles. The van der Waals surface area contributed by atoms with Gasteiger partial charge in [0.1, 0.15) is 0 Å². The van der Waals surface area contributed by atoms with E-state index in [9.17, 15) is 0 Å². The molecule has 1 aromatic rings. The summed E-state index contributed by atoms with van der Waals surface area (Å²) in [5.74, 6) is 5.53. The number of ether oxygens (including phenoxy) is 1. The van der Waals surface area contributed by atoms with E-state index >= 15 is 0 Å². The van der Waals surface area contributed by atoms with E-state index < -0.39 is 0 Å². The Morgan fingerprint density at radius 2 is 2.33 bits per heavy atom. The van der Waals surface area contributed by atoms with Crippen LogP contribution in [0.15, 0.2) is 17.5 Å². The van der Waals surface area contributed by atoms with E-state index in [1.807, 2.05) is 0 Å². The van der Waals surface area contributed by atoms with Crippen LogP contribution < -0.4 is 11.3 Å². The molecule has 0 spiro atoms. The fraction of sp³-hybridized carbons (Fsp3) is 0.636. The van der Waals surface area contributed by atoms with Gasteiger partial charge in [0.05, 0.1) is 6.10 Å². The van der Waals surface area contributed by atoms with Crippen LogP contribution in [0.25, 0.3) is 0 Å². The minimum atomic E-state index is 0.309. The summed E-state index contributed by atoms with van der Waals surface area (Å²) in [6, 6.07) is 4.57. The Labute approximate surface area is 95.6 Å². The van der Waals surface area contributed by atoms with Gasteiger partial charge in [-0.25, -0.2) is 0 Å². The van der Waals surface area contributed by atoms with Crippen molar-refractivity contribution in [3.63, 3.8) is 0 Å². The second kappa shape index (κ2) is 6.95. The van der Waals surface area contributed by atoms with E-state index in [4.69, 9.17) is 10.6 Å². The van der Waals surface area contributed by atoms with Crippen molar-refractivity contribution < 1.29 is 4.74 Å².